The number of oxazole rings is 1. The Morgan fingerprint density at radius 1 is 1.35 bits per heavy atom. The van der Waals surface area contributed by atoms with Crippen LogP contribution in [0.5, 0.6) is 0 Å². The molecule has 0 saturated heterocycles. The van der Waals surface area contributed by atoms with Crippen molar-refractivity contribution in [2.24, 2.45) is 0 Å². The predicted octanol–water partition coefficient (Wildman–Crippen LogP) is 2.63. The monoisotopic (exact) mass is 239 g/mol. The Hall–Kier alpha value is -2.24. The zero-order valence-corrected chi connectivity index (χ0v) is 8.70. The number of aromatic carboxylic acids is 1. The lowest BCUT2D eigenvalue weighted by molar-refractivity contribution is 0.0662. The average Bonchev–Trinajstić information content (AvgIpc) is 2.60. The molecule has 1 N–H and O–H groups in total. The van der Waals surface area contributed by atoms with Crippen molar-refractivity contribution in [1.82, 2.24) is 4.98 Å². The normalized spacial score (nSPS) is 10.5. The molecular weight excluding hydrogens is 232 g/mol. The number of aromatic nitrogens is 1. The molecule has 0 unspecified atom stereocenters. The number of aryl methyl sites for hydroxylation is 1. The first-order chi connectivity index (χ1) is 8.00. The highest BCUT2D eigenvalue weighted by atomic mass is 19.1. The maximum Gasteiger partial charge on any atom is 0.374 e. The number of hydrogen-bond acceptors (Lipinski definition) is 3. The van der Waals surface area contributed by atoms with E-state index < -0.39 is 28.9 Å². The Labute approximate surface area is 94.5 Å². The molecule has 17 heavy (non-hydrogen) atoms. The highest BCUT2D eigenvalue weighted by Crippen LogP contribution is 2.28. The van der Waals surface area contributed by atoms with Crippen LogP contribution in [-0.2, 0) is 0 Å². The Morgan fingerprint density at radius 2 is 1.94 bits per heavy atom. The summed E-state index contributed by atoms with van der Waals surface area (Å²) in [7, 11) is 0. The van der Waals surface area contributed by atoms with Gasteiger partial charge in [0.2, 0.25) is 5.76 Å². The highest BCUT2D eigenvalue weighted by Gasteiger charge is 2.24. The zero-order chi connectivity index (χ0) is 12.6. The van der Waals surface area contributed by atoms with Crippen LogP contribution in [0.1, 0.15) is 16.4 Å². The Kier molecular flexibility index (Phi) is 2.63. The Morgan fingerprint density at radius 3 is 2.47 bits per heavy atom. The fraction of sp³-hybridized carbons (Fsp3) is 0.0909. The van der Waals surface area contributed by atoms with Crippen LogP contribution in [0.4, 0.5) is 8.78 Å². The van der Waals surface area contributed by atoms with E-state index in [1.807, 2.05) is 0 Å². The van der Waals surface area contributed by atoms with Gasteiger partial charge in [-0.3, -0.25) is 0 Å². The molecule has 0 amide bonds. The van der Waals surface area contributed by atoms with E-state index in [1.54, 1.807) is 0 Å². The first-order valence-corrected chi connectivity index (χ1v) is 4.66. The number of carbonyl (C=O) groups is 1. The van der Waals surface area contributed by atoms with Crippen molar-refractivity contribution in [2.45, 2.75) is 6.92 Å². The largest absolute Gasteiger partial charge is 0.475 e. The summed E-state index contributed by atoms with van der Waals surface area (Å²) >= 11 is 0. The van der Waals surface area contributed by atoms with Crippen LogP contribution in [-0.4, -0.2) is 16.1 Å². The summed E-state index contributed by atoms with van der Waals surface area (Å²) < 4.78 is 31.7. The van der Waals surface area contributed by atoms with Crippen LogP contribution in [0.25, 0.3) is 11.3 Å². The van der Waals surface area contributed by atoms with Gasteiger partial charge in [0, 0.05) is 6.92 Å². The van der Waals surface area contributed by atoms with Crippen molar-refractivity contribution in [3.8, 4) is 11.3 Å². The molecule has 0 bridgehead atoms. The van der Waals surface area contributed by atoms with E-state index in [4.69, 9.17) is 9.52 Å². The van der Waals surface area contributed by atoms with Gasteiger partial charge in [0.25, 0.3) is 0 Å². The number of benzene rings is 1. The maximum absolute atomic E-state index is 13.5. The van der Waals surface area contributed by atoms with Crippen molar-refractivity contribution >= 4 is 5.97 Å². The molecule has 0 fully saturated rings. The SMILES string of the molecule is Cc1nc(-c2c(F)cccc2F)c(C(=O)O)o1. The Bertz CT molecular complexity index is 572. The first-order valence-electron chi connectivity index (χ1n) is 4.66. The number of rotatable bonds is 2. The molecule has 88 valence electrons. The summed E-state index contributed by atoms with van der Waals surface area (Å²) in [5.41, 5.74) is -0.840. The number of nitrogens with zero attached hydrogens (tertiary/aromatic N) is 1. The van der Waals surface area contributed by atoms with Crippen molar-refractivity contribution in [3.05, 3.63) is 41.5 Å². The van der Waals surface area contributed by atoms with Crippen molar-refractivity contribution < 1.29 is 23.1 Å². The van der Waals surface area contributed by atoms with Gasteiger partial charge in [-0.15, -0.1) is 0 Å². The molecule has 1 heterocycles. The average molecular weight is 239 g/mol. The lowest BCUT2D eigenvalue weighted by Gasteiger charge is -2.01. The topological polar surface area (TPSA) is 63.3 Å². The van der Waals surface area contributed by atoms with Gasteiger partial charge < -0.3 is 9.52 Å². The summed E-state index contributed by atoms with van der Waals surface area (Å²) in [6, 6.07) is 3.23. The van der Waals surface area contributed by atoms with Crippen LogP contribution < -0.4 is 0 Å². The molecule has 1 aromatic heterocycles. The summed E-state index contributed by atoms with van der Waals surface area (Å²) in [5.74, 6) is -3.75. The Balaban J connectivity index is 2.72. The molecule has 4 nitrogen and oxygen atoms in total. The third-order valence-electron chi connectivity index (χ3n) is 2.13. The number of carboxylic acid groups (broad SMARTS) is 1. The van der Waals surface area contributed by atoms with Crippen LogP contribution >= 0.6 is 0 Å². The fourth-order valence-electron chi connectivity index (χ4n) is 1.47. The molecule has 0 aliphatic rings. The minimum Gasteiger partial charge on any atom is -0.475 e. The summed E-state index contributed by atoms with van der Waals surface area (Å²) in [5, 5.41) is 8.84. The lowest BCUT2D eigenvalue weighted by atomic mass is 10.1. The molecule has 6 heteroatoms. The third kappa shape index (κ3) is 1.89. The van der Waals surface area contributed by atoms with Gasteiger partial charge in [0.15, 0.2) is 5.89 Å². The van der Waals surface area contributed by atoms with Crippen molar-refractivity contribution in [1.29, 1.82) is 0 Å². The van der Waals surface area contributed by atoms with E-state index in [1.165, 1.54) is 13.0 Å². The molecule has 0 radical (unpaired) electrons. The first kappa shape index (κ1) is 11.3. The van der Waals surface area contributed by atoms with Gasteiger partial charge in [0.05, 0.1) is 5.56 Å². The number of carboxylic acids is 1. The quantitative estimate of drug-likeness (QED) is 0.874. The van der Waals surface area contributed by atoms with Crippen LogP contribution in [0.15, 0.2) is 22.6 Å². The molecule has 0 aliphatic heterocycles. The third-order valence-corrected chi connectivity index (χ3v) is 2.13. The van der Waals surface area contributed by atoms with Gasteiger partial charge in [-0.05, 0) is 12.1 Å². The van der Waals surface area contributed by atoms with Gasteiger partial charge in [-0.2, -0.15) is 0 Å². The van der Waals surface area contributed by atoms with E-state index in [0.717, 1.165) is 12.1 Å². The second-order valence-electron chi connectivity index (χ2n) is 3.31. The van der Waals surface area contributed by atoms with Gasteiger partial charge in [-0.25, -0.2) is 18.6 Å². The second kappa shape index (κ2) is 3.97. The second-order valence-corrected chi connectivity index (χ2v) is 3.31. The van der Waals surface area contributed by atoms with Gasteiger partial charge in [0.1, 0.15) is 17.3 Å². The van der Waals surface area contributed by atoms with Crippen LogP contribution in [0.3, 0.4) is 0 Å². The smallest absolute Gasteiger partial charge is 0.374 e. The minimum absolute atomic E-state index is 0.0278. The highest BCUT2D eigenvalue weighted by molar-refractivity contribution is 5.91. The van der Waals surface area contributed by atoms with E-state index in [0.29, 0.717) is 0 Å². The van der Waals surface area contributed by atoms with Crippen LogP contribution in [0, 0.1) is 18.6 Å². The summed E-state index contributed by atoms with van der Waals surface area (Å²) in [6.07, 6.45) is 0. The molecular formula is C11H7F2NO3. The zero-order valence-electron chi connectivity index (χ0n) is 8.70. The van der Waals surface area contributed by atoms with E-state index in [9.17, 15) is 13.6 Å². The van der Waals surface area contributed by atoms with Crippen LogP contribution in [0.2, 0.25) is 0 Å². The van der Waals surface area contributed by atoms with E-state index in [-0.39, 0.29) is 11.6 Å². The summed E-state index contributed by atoms with van der Waals surface area (Å²) in [6.45, 7) is 1.40. The molecule has 1 aromatic carbocycles. The fourth-order valence-corrected chi connectivity index (χ4v) is 1.47. The molecule has 0 spiro atoms. The molecule has 0 atom stereocenters. The molecule has 2 aromatic rings. The standard InChI is InChI=1S/C11H7F2NO3/c1-5-14-9(10(17-5)11(15)16)8-6(12)3-2-4-7(8)13/h2-4H,1H3,(H,15,16). The molecule has 0 aliphatic carbocycles. The van der Waals surface area contributed by atoms with Gasteiger partial charge in [-0.1, -0.05) is 6.07 Å². The lowest BCUT2D eigenvalue weighted by Crippen LogP contribution is -1.99. The van der Waals surface area contributed by atoms with Crippen molar-refractivity contribution in [2.75, 3.05) is 0 Å². The van der Waals surface area contributed by atoms with E-state index >= 15 is 0 Å². The predicted molar refractivity (Wildman–Crippen MR) is 53.6 cm³/mol. The maximum atomic E-state index is 13.5. The van der Waals surface area contributed by atoms with Gasteiger partial charge >= 0.3 is 5.97 Å². The molecule has 0 saturated carbocycles. The summed E-state index contributed by atoms with van der Waals surface area (Å²) in [4.78, 5) is 14.5. The molecule has 2 rings (SSSR count). The van der Waals surface area contributed by atoms with Crippen molar-refractivity contribution in [3.63, 3.8) is 0 Å². The number of hydrogen-bond donors (Lipinski definition) is 1. The number of halogens is 2. The van der Waals surface area contributed by atoms with E-state index in [2.05, 4.69) is 4.98 Å². The minimum atomic E-state index is -1.43.